The Morgan fingerprint density at radius 1 is 1.30 bits per heavy atom. The minimum absolute atomic E-state index is 0. The Bertz CT molecular complexity index is 49.0. The minimum atomic E-state index is 0. The van der Waals surface area contributed by atoms with E-state index in [0.717, 1.165) is 23.8 Å². The fourth-order valence-corrected chi connectivity index (χ4v) is 20.5. The first-order valence-corrected chi connectivity index (χ1v) is 13.1. The van der Waals surface area contributed by atoms with Crippen molar-refractivity contribution in [2.45, 2.75) is 0 Å². The predicted molar refractivity (Wildman–Crippen MR) is 48.7 cm³/mol. The number of nitrogens with zero attached hydrogens (tertiary/aromatic N) is 1. The molecule has 0 N–H and O–H groups in total. The van der Waals surface area contributed by atoms with Crippen molar-refractivity contribution in [1.82, 2.24) is 0 Å². The first-order valence-electron chi connectivity index (χ1n) is 2.37. The summed E-state index contributed by atoms with van der Waals surface area (Å²) in [6.45, 7) is 0. The van der Waals surface area contributed by atoms with Gasteiger partial charge in [-0.15, -0.1) is 0 Å². The van der Waals surface area contributed by atoms with Crippen LogP contribution in [0.5, 0.6) is 0 Å². The Morgan fingerprint density at radius 2 is 2.00 bits per heavy atom. The summed E-state index contributed by atoms with van der Waals surface area (Å²) in [7, 11) is 11.1. The van der Waals surface area contributed by atoms with Crippen LogP contribution in [-0.2, 0) is 0 Å². The molecule has 0 unspecified atom stereocenters. The third kappa shape index (κ3) is 12.9. The molecule has 0 spiro atoms. The Balaban J connectivity index is 0. The topological polar surface area (TPSA) is 14.1 Å². The van der Waals surface area contributed by atoms with Crippen LogP contribution in [0.1, 0.15) is 0 Å². The van der Waals surface area contributed by atoms with Crippen LogP contribution in [0.15, 0.2) is 0 Å². The first kappa shape index (κ1) is 14.8. The number of rotatable bonds is 6. The van der Waals surface area contributed by atoms with Crippen molar-refractivity contribution in [3.8, 4) is 0 Å². The average Bonchev–Trinajstić information content (AvgIpc) is 1.89. The zero-order valence-electron chi connectivity index (χ0n) is 6.15. The molecule has 1 nitrogen and oxygen atoms in total. The second-order valence-corrected chi connectivity index (χ2v) is 15.9. The summed E-state index contributed by atoms with van der Waals surface area (Å²) in [6, 6.07) is 0. The van der Waals surface area contributed by atoms with Gasteiger partial charge in [-0.3, -0.25) is 0 Å². The van der Waals surface area contributed by atoms with Crippen molar-refractivity contribution in [3.63, 3.8) is 0 Å². The summed E-state index contributed by atoms with van der Waals surface area (Å²) in [4.78, 5) is 0. The maximum atomic E-state index is 4.05. The summed E-state index contributed by atoms with van der Waals surface area (Å²) in [5, 5.41) is 4.05. The van der Waals surface area contributed by atoms with Crippen LogP contribution in [0.3, 0.4) is 0 Å². The Kier molecular flexibility index (Phi) is 20.4. The van der Waals surface area contributed by atoms with Gasteiger partial charge in [0.05, 0.1) is 0 Å². The first-order chi connectivity index (χ1) is 4.41. The van der Waals surface area contributed by atoms with E-state index in [9.17, 15) is 0 Å². The normalized spacial score (nSPS) is 9.00. The molecule has 0 aliphatic rings. The summed E-state index contributed by atoms with van der Waals surface area (Å²) >= 11 is 0. The van der Waals surface area contributed by atoms with Crippen molar-refractivity contribution in [2.75, 3.05) is 13.2 Å². The SMILES string of the molecule is C[N-]C[Si][Si][Si][Si][Si][Si].[Na+]. The molecular formula is C2H5NNaSi6. The van der Waals surface area contributed by atoms with E-state index in [2.05, 4.69) is 15.1 Å². The van der Waals surface area contributed by atoms with Crippen LogP contribution in [0.4, 0.5) is 0 Å². The largest absolute Gasteiger partial charge is 1.00 e. The van der Waals surface area contributed by atoms with E-state index in [0.29, 0.717) is 0 Å². The molecule has 0 aromatic rings. The second-order valence-electron chi connectivity index (χ2n) is 1.15. The van der Waals surface area contributed by atoms with E-state index in [1.165, 1.54) is 25.7 Å². The number of hydrogen-bond donors (Lipinski definition) is 0. The molecule has 8 heteroatoms. The minimum Gasteiger partial charge on any atom is -0.668 e. The Morgan fingerprint density at radius 3 is 2.50 bits per heavy atom. The molecule has 0 amide bonds. The molecule has 0 heterocycles. The maximum Gasteiger partial charge on any atom is 1.00 e. The number of hydrogen-bond acceptors (Lipinski definition) is 0. The van der Waals surface area contributed by atoms with Gasteiger partial charge in [0.1, 0.15) is 0 Å². The molecule has 10 heavy (non-hydrogen) atoms. The zero-order valence-corrected chi connectivity index (χ0v) is 14.2. The third-order valence-corrected chi connectivity index (χ3v) is 18.8. The van der Waals surface area contributed by atoms with Gasteiger partial charge in [-0.05, 0) is 9.04 Å². The summed E-state index contributed by atoms with van der Waals surface area (Å²) < 4.78 is 0. The van der Waals surface area contributed by atoms with Crippen LogP contribution in [0, 0.1) is 0 Å². The van der Waals surface area contributed by atoms with Gasteiger partial charge in [0, 0.05) is 44.0 Å². The van der Waals surface area contributed by atoms with Gasteiger partial charge in [0.15, 0.2) is 0 Å². The van der Waals surface area contributed by atoms with Gasteiger partial charge in [0.25, 0.3) is 0 Å². The summed E-state index contributed by atoms with van der Waals surface area (Å²) in [5.74, 6) is 0. The molecule has 0 aromatic carbocycles. The molecule has 0 atom stereocenters. The van der Waals surface area contributed by atoms with Crippen LogP contribution < -0.4 is 29.6 Å². The van der Waals surface area contributed by atoms with Gasteiger partial charge in [-0.2, -0.15) is 13.2 Å². The predicted octanol–water partition coefficient (Wildman–Crippen LogP) is -4.78. The molecule has 0 aromatic heterocycles. The fraction of sp³-hybridized carbons (Fsp3) is 1.00. The average molecular weight is 235 g/mol. The van der Waals surface area contributed by atoms with Crippen LogP contribution in [-0.4, -0.2) is 66.2 Å². The van der Waals surface area contributed by atoms with E-state index in [1.54, 1.807) is 0 Å². The van der Waals surface area contributed by atoms with Crippen molar-refractivity contribution in [1.29, 1.82) is 0 Å². The summed E-state index contributed by atoms with van der Waals surface area (Å²) in [5.41, 5.74) is 0. The van der Waals surface area contributed by atoms with Gasteiger partial charge < -0.3 is 5.32 Å². The third-order valence-electron chi connectivity index (χ3n) is 0.513. The van der Waals surface area contributed by atoms with Gasteiger partial charge in [0.2, 0.25) is 0 Å². The van der Waals surface area contributed by atoms with E-state index in [4.69, 9.17) is 0 Å². The maximum absolute atomic E-state index is 4.05. The van der Waals surface area contributed by atoms with Gasteiger partial charge in [-0.25, -0.2) is 0 Å². The van der Waals surface area contributed by atoms with Crippen molar-refractivity contribution in [3.05, 3.63) is 5.32 Å². The van der Waals surface area contributed by atoms with E-state index in [-0.39, 0.29) is 29.6 Å². The zero-order chi connectivity index (χ0) is 6.95. The molecule has 0 aliphatic heterocycles. The fourth-order valence-electron chi connectivity index (χ4n) is 0.225. The quantitative estimate of drug-likeness (QED) is 0.324. The van der Waals surface area contributed by atoms with E-state index in [1.807, 2.05) is 7.05 Å². The van der Waals surface area contributed by atoms with Crippen LogP contribution in [0.25, 0.3) is 5.32 Å². The monoisotopic (exact) mass is 234 g/mol. The molecule has 43 valence electrons. The molecule has 0 saturated carbocycles. The van der Waals surface area contributed by atoms with Crippen molar-refractivity contribution < 1.29 is 29.6 Å². The molecule has 0 bridgehead atoms. The van der Waals surface area contributed by atoms with E-state index >= 15 is 0 Å². The van der Waals surface area contributed by atoms with Gasteiger partial charge >= 0.3 is 29.6 Å². The molecular weight excluding hydrogens is 230 g/mol. The smallest absolute Gasteiger partial charge is 0.668 e. The van der Waals surface area contributed by atoms with E-state index < -0.39 is 0 Å². The molecule has 0 aliphatic carbocycles. The Labute approximate surface area is 100 Å². The van der Waals surface area contributed by atoms with Crippen molar-refractivity contribution in [2.24, 2.45) is 0 Å². The van der Waals surface area contributed by atoms with Gasteiger partial charge in [-0.1, -0.05) is 0 Å². The summed E-state index contributed by atoms with van der Waals surface area (Å²) in [6.07, 6.45) is 1.10. The molecule has 13 radical (unpaired) electrons. The van der Waals surface area contributed by atoms with Crippen molar-refractivity contribution >= 4 is 53.0 Å². The van der Waals surface area contributed by atoms with Crippen LogP contribution in [0.2, 0.25) is 0 Å². The second kappa shape index (κ2) is 13.8. The van der Waals surface area contributed by atoms with Crippen LogP contribution >= 0.6 is 0 Å². The Hall–Kier alpha value is 2.26. The molecule has 0 saturated heterocycles. The molecule has 0 rings (SSSR count). The molecule has 0 fully saturated rings. The standard InChI is InChI=1S/C2H5NSi6.Na/c1-3-2-5-7-9-8-6-4;/h2H2,1H3;/q-1;+1.